The fourth-order valence-electron chi connectivity index (χ4n) is 2.94. The molecule has 0 aliphatic carbocycles. The van der Waals surface area contributed by atoms with Gasteiger partial charge in [-0.25, -0.2) is 0 Å². The van der Waals surface area contributed by atoms with Crippen LogP contribution in [0.25, 0.3) is 0 Å². The Bertz CT molecular complexity index is 296. The van der Waals surface area contributed by atoms with Crippen LogP contribution in [0, 0.1) is 11.3 Å². The van der Waals surface area contributed by atoms with Gasteiger partial charge in [0.25, 0.3) is 0 Å². The fourth-order valence-corrected chi connectivity index (χ4v) is 2.94. The first-order valence-electron chi connectivity index (χ1n) is 6.70. The average Bonchev–Trinajstić information content (AvgIpc) is 2.40. The first-order chi connectivity index (χ1) is 8.31. The molecule has 0 spiro atoms. The Morgan fingerprint density at radius 3 is 2.35 bits per heavy atom. The molecule has 2 heterocycles. The van der Waals surface area contributed by atoms with Gasteiger partial charge in [0.15, 0.2) is 0 Å². The van der Waals surface area contributed by atoms with Crippen molar-refractivity contribution in [2.75, 3.05) is 26.2 Å². The summed E-state index contributed by atoms with van der Waals surface area (Å²) in [6.07, 6.45) is 6.22. The minimum Gasteiger partial charge on any atom is -0.342 e. The van der Waals surface area contributed by atoms with Gasteiger partial charge in [0.1, 0.15) is 6.42 Å². The number of hydrogen-bond acceptors (Lipinski definition) is 3. The van der Waals surface area contributed by atoms with Crippen LogP contribution < -0.4 is 0 Å². The number of likely N-dealkylation sites (tertiary alicyclic amines) is 2. The number of nitriles is 1. The number of piperidine rings is 2. The summed E-state index contributed by atoms with van der Waals surface area (Å²) < 4.78 is 0. The molecule has 0 N–H and O–H groups in total. The van der Waals surface area contributed by atoms with Gasteiger partial charge in [-0.15, -0.1) is 0 Å². The van der Waals surface area contributed by atoms with E-state index < -0.39 is 0 Å². The lowest BCUT2D eigenvalue weighted by molar-refractivity contribution is -0.131. The average molecular weight is 235 g/mol. The Labute approximate surface area is 103 Å². The molecule has 0 aromatic rings. The summed E-state index contributed by atoms with van der Waals surface area (Å²) in [4.78, 5) is 16.0. The van der Waals surface area contributed by atoms with Crippen LogP contribution in [0.4, 0.5) is 0 Å². The van der Waals surface area contributed by atoms with Crippen molar-refractivity contribution in [3.63, 3.8) is 0 Å². The fraction of sp³-hybridized carbons (Fsp3) is 0.846. The van der Waals surface area contributed by atoms with Gasteiger partial charge in [0, 0.05) is 19.1 Å². The van der Waals surface area contributed by atoms with Crippen LogP contribution in [0.3, 0.4) is 0 Å². The van der Waals surface area contributed by atoms with Crippen LogP contribution in [-0.4, -0.2) is 47.9 Å². The maximum atomic E-state index is 11.6. The number of hydrogen-bond donors (Lipinski definition) is 0. The molecule has 0 aromatic heterocycles. The van der Waals surface area contributed by atoms with Crippen molar-refractivity contribution in [3.05, 3.63) is 0 Å². The van der Waals surface area contributed by atoms with E-state index in [-0.39, 0.29) is 12.3 Å². The van der Waals surface area contributed by atoms with Crippen LogP contribution in [0.2, 0.25) is 0 Å². The maximum Gasteiger partial charge on any atom is 0.236 e. The largest absolute Gasteiger partial charge is 0.342 e. The molecule has 0 aromatic carbocycles. The molecule has 0 radical (unpaired) electrons. The summed E-state index contributed by atoms with van der Waals surface area (Å²) in [6.45, 7) is 4.14. The second-order valence-electron chi connectivity index (χ2n) is 5.04. The van der Waals surface area contributed by atoms with Crippen LogP contribution in [0.5, 0.6) is 0 Å². The van der Waals surface area contributed by atoms with E-state index in [4.69, 9.17) is 5.26 Å². The molecule has 2 aliphatic rings. The summed E-state index contributed by atoms with van der Waals surface area (Å²) in [5.74, 6) is 0.00425. The van der Waals surface area contributed by atoms with Gasteiger partial charge in [0.05, 0.1) is 6.07 Å². The van der Waals surface area contributed by atoms with E-state index in [0.29, 0.717) is 6.04 Å². The quantitative estimate of drug-likeness (QED) is 0.726. The number of carbonyl (C=O) groups excluding carboxylic acids is 1. The Morgan fingerprint density at radius 1 is 1.12 bits per heavy atom. The zero-order valence-corrected chi connectivity index (χ0v) is 10.4. The molecule has 2 aliphatic heterocycles. The van der Waals surface area contributed by atoms with Gasteiger partial charge >= 0.3 is 0 Å². The monoisotopic (exact) mass is 235 g/mol. The number of carbonyl (C=O) groups is 1. The van der Waals surface area contributed by atoms with Crippen molar-refractivity contribution in [2.45, 2.75) is 44.6 Å². The van der Waals surface area contributed by atoms with Gasteiger partial charge in [-0.1, -0.05) is 6.42 Å². The minimum absolute atomic E-state index is 0.00425. The van der Waals surface area contributed by atoms with E-state index in [1.807, 2.05) is 11.0 Å². The molecule has 2 rings (SSSR count). The predicted octanol–water partition coefficient (Wildman–Crippen LogP) is 1.38. The molecule has 0 bridgehead atoms. The third-order valence-electron chi connectivity index (χ3n) is 3.95. The Balaban J connectivity index is 1.77. The molecule has 4 nitrogen and oxygen atoms in total. The summed E-state index contributed by atoms with van der Waals surface area (Å²) in [5, 5.41) is 8.52. The van der Waals surface area contributed by atoms with Crippen molar-refractivity contribution < 1.29 is 4.79 Å². The molecule has 1 amide bonds. The van der Waals surface area contributed by atoms with Crippen molar-refractivity contribution >= 4 is 5.91 Å². The van der Waals surface area contributed by atoms with E-state index in [9.17, 15) is 4.79 Å². The number of amides is 1. The zero-order chi connectivity index (χ0) is 12.1. The lowest BCUT2D eigenvalue weighted by atomic mass is 10.00. The lowest BCUT2D eigenvalue weighted by Crippen LogP contribution is -2.48. The summed E-state index contributed by atoms with van der Waals surface area (Å²) in [7, 11) is 0. The highest BCUT2D eigenvalue weighted by Gasteiger charge is 2.27. The Kier molecular flexibility index (Phi) is 4.38. The first kappa shape index (κ1) is 12.4. The van der Waals surface area contributed by atoms with Gasteiger partial charge in [0.2, 0.25) is 5.91 Å². The molecular weight excluding hydrogens is 214 g/mol. The second-order valence-corrected chi connectivity index (χ2v) is 5.04. The maximum absolute atomic E-state index is 11.6. The van der Waals surface area contributed by atoms with Gasteiger partial charge in [-0.3, -0.25) is 4.79 Å². The molecule has 0 unspecified atom stereocenters. The first-order valence-corrected chi connectivity index (χ1v) is 6.70. The van der Waals surface area contributed by atoms with E-state index in [2.05, 4.69) is 4.90 Å². The zero-order valence-electron chi connectivity index (χ0n) is 10.4. The predicted molar refractivity (Wildman–Crippen MR) is 65.3 cm³/mol. The van der Waals surface area contributed by atoms with Crippen LogP contribution in [0.15, 0.2) is 0 Å². The standard InChI is InChI=1S/C13H21N3O/c14-7-4-13(17)16-10-5-12(6-11-16)15-8-2-1-3-9-15/h12H,1-6,8-11H2. The molecule has 4 heteroatoms. The third-order valence-corrected chi connectivity index (χ3v) is 3.95. The van der Waals surface area contributed by atoms with Crippen LogP contribution >= 0.6 is 0 Å². The molecule has 94 valence electrons. The van der Waals surface area contributed by atoms with Crippen molar-refractivity contribution in [1.82, 2.24) is 9.80 Å². The molecule has 17 heavy (non-hydrogen) atoms. The highest BCUT2D eigenvalue weighted by Crippen LogP contribution is 2.21. The molecule has 2 fully saturated rings. The van der Waals surface area contributed by atoms with Crippen LogP contribution in [0.1, 0.15) is 38.5 Å². The lowest BCUT2D eigenvalue weighted by Gasteiger charge is -2.40. The van der Waals surface area contributed by atoms with Crippen molar-refractivity contribution in [2.24, 2.45) is 0 Å². The smallest absolute Gasteiger partial charge is 0.236 e. The van der Waals surface area contributed by atoms with E-state index in [0.717, 1.165) is 25.9 Å². The molecule has 0 atom stereocenters. The summed E-state index contributed by atoms with van der Waals surface area (Å²) >= 11 is 0. The molecular formula is C13H21N3O. The Hall–Kier alpha value is -1.08. The van der Waals surface area contributed by atoms with Crippen molar-refractivity contribution in [3.8, 4) is 6.07 Å². The molecule has 0 saturated carbocycles. The summed E-state index contributed by atoms with van der Waals surface area (Å²) in [5.41, 5.74) is 0. The second kappa shape index (κ2) is 6.02. The van der Waals surface area contributed by atoms with Crippen LogP contribution in [-0.2, 0) is 4.79 Å². The molecule has 2 saturated heterocycles. The van der Waals surface area contributed by atoms with Gasteiger partial charge in [-0.2, -0.15) is 5.26 Å². The number of rotatable bonds is 2. The van der Waals surface area contributed by atoms with E-state index in [1.54, 1.807) is 0 Å². The van der Waals surface area contributed by atoms with Crippen molar-refractivity contribution in [1.29, 1.82) is 5.26 Å². The number of nitrogens with zero attached hydrogens (tertiary/aromatic N) is 3. The highest BCUT2D eigenvalue weighted by atomic mass is 16.2. The highest BCUT2D eigenvalue weighted by molar-refractivity contribution is 5.78. The summed E-state index contributed by atoms with van der Waals surface area (Å²) in [6, 6.07) is 2.61. The van der Waals surface area contributed by atoms with E-state index >= 15 is 0 Å². The van der Waals surface area contributed by atoms with Gasteiger partial charge in [-0.05, 0) is 38.8 Å². The van der Waals surface area contributed by atoms with Gasteiger partial charge < -0.3 is 9.80 Å². The third kappa shape index (κ3) is 3.19. The minimum atomic E-state index is 0.00425. The topological polar surface area (TPSA) is 47.3 Å². The SMILES string of the molecule is N#CCC(=O)N1CCC(N2CCCCC2)CC1. The normalized spacial score (nSPS) is 23.4. The van der Waals surface area contributed by atoms with E-state index in [1.165, 1.54) is 32.4 Å². The Morgan fingerprint density at radius 2 is 1.76 bits per heavy atom.